The van der Waals surface area contributed by atoms with E-state index >= 15 is 0 Å². The molecule has 0 saturated carbocycles. The molecule has 0 spiro atoms. The number of halogens is 1. The summed E-state index contributed by atoms with van der Waals surface area (Å²) in [6.45, 7) is 8.08. The van der Waals surface area contributed by atoms with Crippen molar-refractivity contribution in [2.75, 3.05) is 19.8 Å². The first kappa shape index (κ1) is 16.3. The van der Waals surface area contributed by atoms with Gasteiger partial charge >= 0.3 is 0 Å². The maximum Gasteiger partial charge on any atom is 0.175 e. The molecule has 0 amide bonds. The first-order valence-electron chi connectivity index (χ1n) is 6.55. The minimum Gasteiger partial charge on any atom is -0.490 e. The average molecular weight is 332 g/mol. The van der Waals surface area contributed by atoms with Crippen LogP contribution in [-0.4, -0.2) is 31.0 Å². The molecule has 2 N–H and O–H groups in total. The molecule has 5 heteroatoms. The topological polar surface area (TPSA) is 50.7 Å². The van der Waals surface area contributed by atoms with Gasteiger partial charge in [0.1, 0.15) is 0 Å². The molecule has 0 aromatic heterocycles. The molecule has 1 atom stereocenters. The normalized spacial score (nSPS) is 12.3. The number of hydrogen-bond acceptors (Lipinski definition) is 4. The molecule has 19 heavy (non-hydrogen) atoms. The molecule has 1 rings (SSSR count). The summed E-state index contributed by atoms with van der Waals surface area (Å²) >= 11 is 3.51. The van der Waals surface area contributed by atoms with Crippen molar-refractivity contribution >= 4 is 15.9 Å². The monoisotopic (exact) mass is 331 g/mol. The smallest absolute Gasteiger partial charge is 0.175 e. The van der Waals surface area contributed by atoms with E-state index in [-0.39, 0.29) is 6.10 Å². The lowest BCUT2D eigenvalue weighted by molar-refractivity contribution is 0.191. The van der Waals surface area contributed by atoms with Gasteiger partial charge < -0.3 is 19.9 Å². The fourth-order valence-corrected chi connectivity index (χ4v) is 2.30. The van der Waals surface area contributed by atoms with Crippen molar-refractivity contribution in [2.45, 2.75) is 33.4 Å². The van der Waals surface area contributed by atoms with Gasteiger partial charge in [-0.3, -0.25) is 0 Å². The van der Waals surface area contributed by atoms with E-state index < -0.39 is 0 Å². The molecule has 0 fully saturated rings. The second-order valence-corrected chi connectivity index (χ2v) is 5.11. The van der Waals surface area contributed by atoms with E-state index in [0.717, 1.165) is 21.5 Å². The van der Waals surface area contributed by atoms with Gasteiger partial charge in [-0.2, -0.15) is 0 Å². The lowest BCUT2D eigenvalue weighted by atomic mass is 10.2. The zero-order valence-corrected chi connectivity index (χ0v) is 13.3. The zero-order valence-electron chi connectivity index (χ0n) is 11.7. The number of aliphatic hydroxyl groups excluding tert-OH is 1. The first-order chi connectivity index (χ1) is 9.08. The lowest BCUT2D eigenvalue weighted by Crippen LogP contribution is -2.23. The van der Waals surface area contributed by atoms with Crippen LogP contribution >= 0.6 is 15.9 Å². The largest absolute Gasteiger partial charge is 0.490 e. The Morgan fingerprint density at radius 2 is 1.95 bits per heavy atom. The Hall–Kier alpha value is -0.780. The Morgan fingerprint density at radius 3 is 2.53 bits per heavy atom. The molecule has 1 aromatic rings. The van der Waals surface area contributed by atoms with Crippen molar-refractivity contribution in [1.29, 1.82) is 0 Å². The van der Waals surface area contributed by atoms with Gasteiger partial charge in [-0.15, -0.1) is 0 Å². The third kappa shape index (κ3) is 5.38. The van der Waals surface area contributed by atoms with Crippen LogP contribution in [0.5, 0.6) is 11.5 Å². The summed E-state index contributed by atoms with van der Waals surface area (Å²) in [5.41, 5.74) is 1.08. The molecule has 1 unspecified atom stereocenters. The zero-order chi connectivity index (χ0) is 14.3. The Bertz CT molecular complexity index is 397. The molecule has 108 valence electrons. The summed E-state index contributed by atoms with van der Waals surface area (Å²) < 4.78 is 12.1. The van der Waals surface area contributed by atoms with Gasteiger partial charge in [-0.1, -0.05) is 0 Å². The third-order valence-electron chi connectivity index (χ3n) is 2.43. The number of aliphatic hydroxyl groups is 1. The third-order valence-corrected chi connectivity index (χ3v) is 3.02. The number of hydrogen-bond donors (Lipinski definition) is 2. The molecule has 0 saturated heterocycles. The van der Waals surface area contributed by atoms with Gasteiger partial charge in [-0.05, 0) is 54.4 Å². The number of ether oxygens (including phenoxy) is 2. The highest BCUT2D eigenvalue weighted by atomic mass is 79.9. The highest BCUT2D eigenvalue weighted by molar-refractivity contribution is 9.10. The summed E-state index contributed by atoms with van der Waals surface area (Å²) in [6, 6.07) is 3.97. The van der Waals surface area contributed by atoms with Crippen molar-refractivity contribution in [3.63, 3.8) is 0 Å². The highest BCUT2D eigenvalue weighted by Gasteiger charge is 2.11. The van der Waals surface area contributed by atoms with Crippen molar-refractivity contribution < 1.29 is 14.6 Å². The van der Waals surface area contributed by atoms with Crippen molar-refractivity contribution in [1.82, 2.24) is 5.32 Å². The summed E-state index contributed by atoms with van der Waals surface area (Å²) in [4.78, 5) is 0. The second-order valence-electron chi connectivity index (χ2n) is 4.25. The van der Waals surface area contributed by atoms with Crippen molar-refractivity contribution in [2.24, 2.45) is 0 Å². The fraction of sp³-hybridized carbons (Fsp3) is 0.571. The van der Waals surface area contributed by atoms with Gasteiger partial charge in [0.05, 0.1) is 23.8 Å². The Labute approximate surface area is 123 Å². The molecule has 0 heterocycles. The van der Waals surface area contributed by atoms with Crippen LogP contribution in [0.3, 0.4) is 0 Å². The van der Waals surface area contributed by atoms with Crippen LogP contribution < -0.4 is 14.8 Å². The van der Waals surface area contributed by atoms with Crippen LogP contribution in [0.25, 0.3) is 0 Å². The standard InChI is InChI=1S/C14H22BrNO3/c1-4-18-13-7-11(9-16-8-10(3)17)6-12(15)14(13)19-5-2/h6-7,10,16-17H,4-5,8-9H2,1-3H3. The van der Waals surface area contributed by atoms with Crippen molar-refractivity contribution in [3.05, 3.63) is 22.2 Å². The Morgan fingerprint density at radius 1 is 1.26 bits per heavy atom. The van der Waals surface area contributed by atoms with E-state index in [1.807, 2.05) is 26.0 Å². The maximum absolute atomic E-state index is 9.22. The highest BCUT2D eigenvalue weighted by Crippen LogP contribution is 2.36. The number of rotatable bonds is 8. The second kappa shape index (κ2) is 8.40. The SMILES string of the molecule is CCOc1cc(CNCC(C)O)cc(Br)c1OCC. The van der Waals surface area contributed by atoms with E-state index in [0.29, 0.717) is 26.3 Å². The molecular weight excluding hydrogens is 310 g/mol. The van der Waals surface area contributed by atoms with Crippen LogP contribution in [-0.2, 0) is 6.54 Å². The summed E-state index contributed by atoms with van der Waals surface area (Å²) in [6.07, 6.45) is -0.350. The van der Waals surface area contributed by atoms with Gasteiger partial charge in [0.25, 0.3) is 0 Å². The van der Waals surface area contributed by atoms with Crippen LogP contribution in [0.4, 0.5) is 0 Å². The molecule has 4 nitrogen and oxygen atoms in total. The molecule has 0 aliphatic carbocycles. The van der Waals surface area contributed by atoms with Gasteiger partial charge in [0.15, 0.2) is 11.5 Å². The molecule has 0 bridgehead atoms. The van der Waals surface area contributed by atoms with E-state index in [1.165, 1.54) is 0 Å². The number of nitrogens with one attached hydrogen (secondary N) is 1. The van der Waals surface area contributed by atoms with Gasteiger partial charge in [0, 0.05) is 13.1 Å². The predicted molar refractivity (Wildman–Crippen MR) is 79.9 cm³/mol. The first-order valence-corrected chi connectivity index (χ1v) is 7.34. The van der Waals surface area contributed by atoms with Crippen LogP contribution in [0, 0.1) is 0 Å². The summed E-state index contributed by atoms with van der Waals surface area (Å²) in [5.74, 6) is 1.48. The van der Waals surface area contributed by atoms with Gasteiger partial charge in [0.2, 0.25) is 0 Å². The minimum atomic E-state index is -0.350. The van der Waals surface area contributed by atoms with Crippen LogP contribution in [0.1, 0.15) is 26.3 Å². The molecule has 0 aliphatic rings. The Kier molecular flexibility index (Phi) is 7.20. The van der Waals surface area contributed by atoms with E-state index in [2.05, 4.69) is 21.2 Å². The predicted octanol–water partition coefficient (Wildman–Crippen LogP) is 2.72. The number of benzene rings is 1. The maximum atomic E-state index is 9.22. The van der Waals surface area contributed by atoms with Crippen LogP contribution in [0.15, 0.2) is 16.6 Å². The quantitative estimate of drug-likeness (QED) is 0.769. The van der Waals surface area contributed by atoms with Gasteiger partial charge in [-0.25, -0.2) is 0 Å². The minimum absolute atomic E-state index is 0.350. The van der Waals surface area contributed by atoms with Crippen LogP contribution in [0.2, 0.25) is 0 Å². The lowest BCUT2D eigenvalue weighted by Gasteiger charge is -2.15. The van der Waals surface area contributed by atoms with Crippen molar-refractivity contribution in [3.8, 4) is 11.5 Å². The molecule has 0 radical (unpaired) electrons. The fourth-order valence-electron chi connectivity index (χ4n) is 1.70. The summed E-state index contributed by atoms with van der Waals surface area (Å²) in [5, 5.41) is 12.4. The average Bonchev–Trinajstić information content (AvgIpc) is 2.33. The van der Waals surface area contributed by atoms with E-state index in [9.17, 15) is 5.11 Å². The van der Waals surface area contributed by atoms with E-state index in [4.69, 9.17) is 9.47 Å². The van der Waals surface area contributed by atoms with E-state index in [1.54, 1.807) is 6.92 Å². The molecule has 1 aromatic carbocycles. The Balaban J connectivity index is 2.83. The molecular formula is C14H22BrNO3. The molecule has 0 aliphatic heterocycles. The summed E-state index contributed by atoms with van der Waals surface area (Å²) in [7, 11) is 0.